The quantitative estimate of drug-likeness (QED) is 0.476. The number of hydrogen-bond donors (Lipinski definition) is 0. The zero-order valence-electron chi connectivity index (χ0n) is 15.8. The third-order valence-corrected chi connectivity index (χ3v) is 4.83. The fraction of sp³-hybridized carbons (Fsp3) is 0.278. The van der Waals surface area contributed by atoms with Crippen LogP contribution in [0.4, 0.5) is 0 Å². The molecule has 2 aromatic carbocycles. The molecule has 1 atom stereocenters. The van der Waals surface area contributed by atoms with Crippen molar-refractivity contribution in [3.63, 3.8) is 0 Å². The molecule has 0 aromatic heterocycles. The van der Waals surface area contributed by atoms with Crippen molar-refractivity contribution in [2.75, 3.05) is 35.5 Å². The van der Waals surface area contributed by atoms with Crippen LogP contribution in [0.1, 0.15) is 10.4 Å². The summed E-state index contributed by atoms with van der Waals surface area (Å²) in [6.45, 7) is 0. The van der Waals surface area contributed by atoms with Crippen LogP contribution in [0.25, 0.3) is 0 Å². The van der Waals surface area contributed by atoms with E-state index in [-0.39, 0.29) is 33.0 Å². The molecule has 0 aliphatic heterocycles. The van der Waals surface area contributed by atoms with Crippen LogP contribution >= 0.6 is 8.58 Å². The number of rotatable bonds is 8. The Balaban J connectivity index is 0.00000338. The molecule has 0 aliphatic rings. The van der Waals surface area contributed by atoms with Crippen LogP contribution in [-0.2, 0) is 0 Å². The van der Waals surface area contributed by atoms with Crippen molar-refractivity contribution in [1.29, 1.82) is 0 Å². The second kappa shape index (κ2) is 10.3. The summed E-state index contributed by atoms with van der Waals surface area (Å²) in [5.74, 6) is 2.56. The zero-order chi connectivity index (χ0) is 18.4. The largest absolute Gasteiger partial charge is 1.00 e. The number of ether oxygens (including phenoxy) is 5. The minimum atomic E-state index is -0.241. The molecule has 0 fully saturated rings. The molecule has 2 rings (SSSR count). The third-order valence-electron chi connectivity index (χ3n) is 3.61. The van der Waals surface area contributed by atoms with E-state index in [2.05, 4.69) is 0 Å². The van der Waals surface area contributed by atoms with E-state index in [0.717, 1.165) is 0 Å². The van der Waals surface area contributed by atoms with Gasteiger partial charge in [0.2, 0.25) is 0 Å². The molecule has 0 heterocycles. The Morgan fingerprint density at radius 2 is 1.23 bits per heavy atom. The molecule has 0 saturated heterocycles. The molecule has 0 bridgehead atoms. The zero-order valence-corrected chi connectivity index (χ0v) is 16.8. The van der Waals surface area contributed by atoms with E-state index in [1.165, 1.54) is 28.4 Å². The van der Waals surface area contributed by atoms with E-state index in [4.69, 9.17) is 23.7 Å². The van der Waals surface area contributed by atoms with Crippen molar-refractivity contribution < 1.29 is 47.3 Å². The van der Waals surface area contributed by atoms with Crippen LogP contribution < -0.4 is 47.8 Å². The van der Waals surface area contributed by atoms with Gasteiger partial charge in [-0.25, -0.2) is 0 Å². The predicted octanol–water partition coefficient (Wildman–Crippen LogP) is -0.122. The molecule has 0 spiro atoms. The normalized spacial score (nSPS) is 10.2. The number of hydrogen-bond acceptors (Lipinski definition) is 6. The van der Waals surface area contributed by atoms with Crippen molar-refractivity contribution >= 4 is 19.4 Å². The number of carbonyl (C=O) groups is 1. The molecule has 6 nitrogen and oxygen atoms in total. The summed E-state index contributed by atoms with van der Waals surface area (Å²) in [6.07, 6.45) is 0. The molecule has 0 radical (unpaired) electrons. The van der Waals surface area contributed by atoms with Gasteiger partial charge in [-0.2, -0.15) is 0 Å². The minimum Gasteiger partial charge on any atom is -0.496 e. The molecule has 1 unspecified atom stereocenters. The summed E-state index contributed by atoms with van der Waals surface area (Å²) in [5.41, 5.74) is 0.252. The molecule has 26 heavy (non-hydrogen) atoms. The van der Waals surface area contributed by atoms with Crippen molar-refractivity contribution in [1.82, 2.24) is 0 Å². The molecule has 8 heteroatoms. The first kappa shape index (κ1) is 22.2. The molecule has 0 saturated carbocycles. The molecule has 0 amide bonds. The van der Waals surface area contributed by atoms with Gasteiger partial charge in [-0.05, 0) is 20.7 Å². The molecule has 2 aromatic rings. The van der Waals surface area contributed by atoms with Crippen molar-refractivity contribution in [2.24, 2.45) is 0 Å². The van der Waals surface area contributed by atoms with E-state index >= 15 is 0 Å². The monoisotopic (exact) mass is 371 g/mol. The summed E-state index contributed by atoms with van der Waals surface area (Å²) in [7, 11) is 7.43. The molecule has 0 aliphatic carbocycles. The van der Waals surface area contributed by atoms with Crippen LogP contribution in [0.15, 0.2) is 30.3 Å². The number of carbonyl (C=O) groups excluding carboxylic acids is 1. The minimum absolute atomic E-state index is 0. The number of benzene rings is 2. The Labute approximate surface area is 167 Å². The van der Waals surface area contributed by atoms with Gasteiger partial charge in [0.05, 0.1) is 40.9 Å². The first-order valence-corrected chi connectivity index (χ1v) is 8.41. The maximum absolute atomic E-state index is 13.0. The number of methoxy groups -OCH3 is 5. The standard InChI is InChI=1S/C18H21O6P.Li/c1-20-11-9-14(23-4)17(15(10-11)24-5)25-18(19)16-12(21-2)7-6-8-13(16)22-3;/h6-10,25H,1-5H3;/q;+1. The Morgan fingerprint density at radius 1 is 0.769 bits per heavy atom. The van der Waals surface area contributed by atoms with Crippen molar-refractivity contribution in [3.8, 4) is 28.7 Å². The van der Waals surface area contributed by atoms with Crippen LogP contribution in [0.3, 0.4) is 0 Å². The summed E-state index contributed by atoms with van der Waals surface area (Å²) in [4.78, 5) is 13.0. The van der Waals surface area contributed by atoms with Gasteiger partial charge in [0.15, 0.2) is 5.52 Å². The topological polar surface area (TPSA) is 63.2 Å². The van der Waals surface area contributed by atoms with Crippen LogP contribution in [0, 0.1) is 0 Å². The first-order valence-electron chi connectivity index (χ1n) is 7.41. The maximum atomic E-state index is 13.0. The Kier molecular flexibility index (Phi) is 8.81. The van der Waals surface area contributed by atoms with Crippen molar-refractivity contribution in [2.45, 2.75) is 0 Å². The van der Waals surface area contributed by atoms with Crippen LogP contribution in [-0.4, -0.2) is 41.1 Å². The molecular formula is C18H21LiO6P+. The third kappa shape index (κ3) is 4.65. The van der Waals surface area contributed by atoms with Gasteiger partial charge in [-0.1, -0.05) is 6.07 Å². The summed E-state index contributed by atoms with van der Waals surface area (Å²) >= 11 is 0. The SMILES string of the molecule is COc1cc(OC)c(PC(=O)c2c(OC)cccc2OC)c(OC)c1.[Li+]. The Bertz CT molecular complexity index is 718. The smallest absolute Gasteiger partial charge is 0.496 e. The summed E-state index contributed by atoms with van der Waals surface area (Å²) in [5, 5.41) is 0.656. The molecule has 0 N–H and O–H groups in total. The fourth-order valence-corrected chi connectivity index (χ4v) is 3.57. The first-order chi connectivity index (χ1) is 12.1. The molecular weight excluding hydrogens is 350 g/mol. The fourth-order valence-electron chi connectivity index (χ4n) is 2.38. The van der Waals surface area contributed by atoms with E-state index < -0.39 is 0 Å². The van der Waals surface area contributed by atoms with Crippen LogP contribution in [0.5, 0.6) is 28.7 Å². The van der Waals surface area contributed by atoms with Gasteiger partial charge in [0.1, 0.15) is 34.3 Å². The van der Waals surface area contributed by atoms with Crippen LogP contribution in [0.2, 0.25) is 0 Å². The molecule has 134 valence electrons. The van der Waals surface area contributed by atoms with Gasteiger partial charge >= 0.3 is 18.9 Å². The van der Waals surface area contributed by atoms with Gasteiger partial charge in [-0.3, -0.25) is 4.79 Å². The van der Waals surface area contributed by atoms with Gasteiger partial charge in [-0.15, -0.1) is 0 Å². The summed E-state index contributed by atoms with van der Waals surface area (Å²) < 4.78 is 26.7. The Morgan fingerprint density at radius 3 is 1.62 bits per heavy atom. The van der Waals surface area contributed by atoms with Crippen molar-refractivity contribution in [3.05, 3.63) is 35.9 Å². The van der Waals surface area contributed by atoms with Gasteiger partial charge in [0, 0.05) is 12.1 Å². The van der Waals surface area contributed by atoms with E-state index in [1.54, 1.807) is 37.4 Å². The second-order valence-corrected chi connectivity index (χ2v) is 6.10. The van der Waals surface area contributed by atoms with E-state index in [1.807, 2.05) is 0 Å². The maximum Gasteiger partial charge on any atom is 1.00 e. The van der Waals surface area contributed by atoms with E-state index in [0.29, 0.717) is 39.6 Å². The Hall–Kier alpha value is -1.86. The average Bonchev–Trinajstić information content (AvgIpc) is 2.66. The van der Waals surface area contributed by atoms with E-state index in [9.17, 15) is 4.79 Å². The second-order valence-electron chi connectivity index (χ2n) is 4.90. The predicted molar refractivity (Wildman–Crippen MR) is 97.9 cm³/mol. The van der Waals surface area contributed by atoms with Gasteiger partial charge < -0.3 is 23.7 Å². The van der Waals surface area contributed by atoms with Gasteiger partial charge in [0.25, 0.3) is 0 Å². The summed E-state index contributed by atoms with van der Waals surface area (Å²) in [6, 6.07) is 8.66. The average molecular weight is 371 g/mol.